The number of nitrogens with one attached hydrogen (secondary N) is 3. The van der Waals surface area contributed by atoms with Crippen molar-refractivity contribution in [2.75, 3.05) is 19.7 Å². The van der Waals surface area contributed by atoms with Gasteiger partial charge in [0.25, 0.3) is 0 Å². The van der Waals surface area contributed by atoms with Gasteiger partial charge in [0.05, 0.1) is 12.8 Å². The van der Waals surface area contributed by atoms with Crippen LogP contribution in [-0.2, 0) is 9.53 Å². The third kappa shape index (κ3) is 3.13. The number of esters is 1. The fourth-order valence-corrected chi connectivity index (χ4v) is 4.48. The summed E-state index contributed by atoms with van der Waals surface area (Å²) in [4.78, 5) is 14.8. The SMILES string of the molecule is CCOC(=O)C1NNN2C3CCCCC3C(N(CC)CC)NC12. The van der Waals surface area contributed by atoms with Crippen molar-refractivity contribution in [3.05, 3.63) is 0 Å². The molecule has 7 heteroatoms. The molecule has 132 valence electrons. The smallest absolute Gasteiger partial charge is 0.327 e. The van der Waals surface area contributed by atoms with Gasteiger partial charge in [0, 0.05) is 12.0 Å². The highest BCUT2D eigenvalue weighted by molar-refractivity contribution is 5.77. The first-order chi connectivity index (χ1) is 11.2. The number of carbonyl (C=O) groups excluding carboxylic acids is 1. The van der Waals surface area contributed by atoms with Gasteiger partial charge in [-0.25, -0.2) is 10.4 Å². The van der Waals surface area contributed by atoms with Crippen molar-refractivity contribution >= 4 is 5.97 Å². The Hall–Kier alpha value is -0.730. The molecule has 0 spiro atoms. The van der Waals surface area contributed by atoms with Gasteiger partial charge in [0.2, 0.25) is 0 Å². The molecule has 1 aliphatic carbocycles. The number of nitrogens with zero attached hydrogens (tertiary/aromatic N) is 2. The number of carbonyl (C=O) groups is 1. The Kier molecular flexibility index (Phi) is 5.53. The summed E-state index contributed by atoms with van der Waals surface area (Å²) in [5.41, 5.74) is 6.38. The van der Waals surface area contributed by atoms with Crippen molar-refractivity contribution in [2.24, 2.45) is 5.92 Å². The Bertz CT molecular complexity index is 417. The summed E-state index contributed by atoms with van der Waals surface area (Å²) in [6.45, 7) is 8.73. The minimum absolute atomic E-state index is 0.0565. The van der Waals surface area contributed by atoms with Gasteiger partial charge >= 0.3 is 5.97 Å². The number of fused-ring (bicyclic) bond motifs is 3. The van der Waals surface area contributed by atoms with E-state index in [2.05, 4.69) is 40.0 Å². The third-order valence-corrected chi connectivity index (χ3v) is 5.60. The molecule has 3 rings (SSSR count). The van der Waals surface area contributed by atoms with E-state index in [0.29, 0.717) is 24.7 Å². The van der Waals surface area contributed by atoms with Crippen molar-refractivity contribution in [3.63, 3.8) is 0 Å². The first-order valence-electron chi connectivity index (χ1n) is 9.17. The number of ether oxygens (including phenoxy) is 1. The molecule has 3 N–H and O–H groups in total. The molecule has 2 aliphatic heterocycles. The molecule has 1 saturated carbocycles. The van der Waals surface area contributed by atoms with E-state index in [0.717, 1.165) is 13.1 Å². The molecule has 7 nitrogen and oxygen atoms in total. The van der Waals surface area contributed by atoms with E-state index in [4.69, 9.17) is 4.74 Å². The second-order valence-electron chi connectivity index (χ2n) is 6.69. The van der Waals surface area contributed by atoms with E-state index in [1.54, 1.807) is 0 Å². The summed E-state index contributed by atoms with van der Waals surface area (Å²) in [6, 6.07) is 0.100. The van der Waals surface area contributed by atoms with E-state index in [1.807, 2.05) is 6.92 Å². The Morgan fingerprint density at radius 2 is 1.96 bits per heavy atom. The number of hydrogen-bond acceptors (Lipinski definition) is 7. The lowest BCUT2D eigenvalue weighted by Crippen LogP contribution is -2.71. The molecule has 5 unspecified atom stereocenters. The van der Waals surface area contributed by atoms with Gasteiger partial charge in [-0.3, -0.25) is 15.0 Å². The lowest BCUT2D eigenvalue weighted by Gasteiger charge is -2.52. The first kappa shape index (κ1) is 17.1. The topological polar surface area (TPSA) is 68.9 Å². The molecule has 0 aromatic rings. The van der Waals surface area contributed by atoms with Crippen molar-refractivity contribution < 1.29 is 9.53 Å². The van der Waals surface area contributed by atoms with Crippen LogP contribution in [-0.4, -0.2) is 60.0 Å². The molecule has 23 heavy (non-hydrogen) atoms. The lowest BCUT2D eigenvalue weighted by molar-refractivity contribution is -0.148. The van der Waals surface area contributed by atoms with Gasteiger partial charge < -0.3 is 4.74 Å². The average molecular weight is 325 g/mol. The van der Waals surface area contributed by atoms with Gasteiger partial charge in [0.1, 0.15) is 6.17 Å². The molecule has 0 amide bonds. The minimum Gasteiger partial charge on any atom is -0.465 e. The Balaban J connectivity index is 1.82. The van der Waals surface area contributed by atoms with Gasteiger partial charge in [-0.05, 0) is 32.9 Å². The zero-order valence-corrected chi connectivity index (χ0v) is 14.5. The first-order valence-corrected chi connectivity index (χ1v) is 9.17. The van der Waals surface area contributed by atoms with E-state index < -0.39 is 0 Å². The van der Waals surface area contributed by atoms with Gasteiger partial charge in [-0.1, -0.05) is 26.7 Å². The van der Waals surface area contributed by atoms with Gasteiger partial charge in [0.15, 0.2) is 6.04 Å². The fourth-order valence-electron chi connectivity index (χ4n) is 4.48. The van der Waals surface area contributed by atoms with Crippen molar-refractivity contribution in [3.8, 4) is 0 Å². The zero-order chi connectivity index (χ0) is 16.4. The van der Waals surface area contributed by atoms with Crippen LogP contribution in [0.3, 0.4) is 0 Å². The summed E-state index contributed by atoms with van der Waals surface area (Å²) in [5.74, 6) is 0.405. The van der Waals surface area contributed by atoms with Crippen LogP contribution < -0.4 is 16.3 Å². The average Bonchev–Trinajstić information content (AvgIpc) is 3.00. The van der Waals surface area contributed by atoms with E-state index in [1.165, 1.54) is 25.7 Å². The van der Waals surface area contributed by atoms with Gasteiger partial charge in [-0.2, -0.15) is 5.53 Å². The Labute approximate surface area is 139 Å². The normalized spacial score (nSPS) is 37.5. The molecular weight excluding hydrogens is 294 g/mol. The highest BCUT2D eigenvalue weighted by Crippen LogP contribution is 2.36. The molecular formula is C16H31N5O2. The summed E-state index contributed by atoms with van der Waals surface area (Å²) in [6.07, 6.45) is 5.27. The largest absolute Gasteiger partial charge is 0.465 e. The van der Waals surface area contributed by atoms with Crippen LogP contribution in [0.15, 0.2) is 0 Å². The Morgan fingerprint density at radius 3 is 2.65 bits per heavy atom. The highest BCUT2D eigenvalue weighted by Gasteiger charge is 2.52. The molecule has 2 saturated heterocycles. The molecule has 0 radical (unpaired) electrons. The monoisotopic (exact) mass is 325 g/mol. The van der Waals surface area contributed by atoms with E-state index >= 15 is 0 Å². The second kappa shape index (κ2) is 7.44. The predicted molar refractivity (Wildman–Crippen MR) is 87.9 cm³/mol. The standard InChI is InChI=1S/C16H31N5O2/c1-4-20(5-2)14-11-9-7-8-10-12(11)21-15(17-14)13(18-19-21)16(22)23-6-3/h11-15,17-19H,4-10H2,1-3H3. The van der Waals surface area contributed by atoms with E-state index in [-0.39, 0.29) is 18.2 Å². The number of hydrogen-bond donors (Lipinski definition) is 3. The quantitative estimate of drug-likeness (QED) is 0.632. The summed E-state index contributed by atoms with van der Waals surface area (Å²) in [7, 11) is 0. The molecule has 0 bridgehead atoms. The predicted octanol–water partition coefficient (Wildman–Crippen LogP) is 0.399. The maximum absolute atomic E-state index is 12.3. The second-order valence-corrected chi connectivity index (χ2v) is 6.69. The Morgan fingerprint density at radius 1 is 1.22 bits per heavy atom. The lowest BCUT2D eigenvalue weighted by atomic mass is 9.79. The minimum atomic E-state index is -0.365. The molecule has 3 aliphatic rings. The number of hydrazine groups is 2. The van der Waals surface area contributed by atoms with E-state index in [9.17, 15) is 4.79 Å². The van der Waals surface area contributed by atoms with Crippen molar-refractivity contribution in [2.45, 2.75) is 70.9 Å². The van der Waals surface area contributed by atoms with Crippen LogP contribution in [0.2, 0.25) is 0 Å². The van der Waals surface area contributed by atoms with Crippen LogP contribution in [0.5, 0.6) is 0 Å². The van der Waals surface area contributed by atoms with Crippen molar-refractivity contribution in [1.82, 2.24) is 26.2 Å². The van der Waals surface area contributed by atoms with Crippen LogP contribution in [0, 0.1) is 5.92 Å². The molecule has 5 atom stereocenters. The zero-order valence-electron chi connectivity index (χ0n) is 14.5. The summed E-state index contributed by atoms with van der Waals surface area (Å²) >= 11 is 0. The molecule has 3 fully saturated rings. The fraction of sp³-hybridized carbons (Fsp3) is 0.938. The van der Waals surface area contributed by atoms with Crippen LogP contribution in [0.1, 0.15) is 46.5 Å². The maximum atomic E-state index is 12.3. The van der Waals surface area contributed by atoms with Crippen molar-refractivity contribution in [1.29, 1.82) is 0 Å². The highest BCUT2D eigenvalue weighted by atomic mass is 16.5. The van der Waals surface area contributed by atoms with Crippen LogP contribution in [0.25, 0.3) is 0 Å². The summed E-state index contributed by atoms with van der Waals surface area (Å²) in [5, 5.41) is 5.96. The number of rotatable bonds is 5. The molecule has 0 aromatic heterocycles. The third-order valence-electron chi connectivity index (χ3n) is 5.60. The van der Waals surface area contributed by atoms with Gasteiger partial charge in [-0.15, -0.1) is 0 Å². The van der Waals surface area contributed by atoms with Crippen LogP contribution >= 0.6 is 0 Å². The van der Waals surface area contributed by atoms with Crippen LogP contribution in [0.4, 0.5) is 0 Å². The molecule has 2 heterocycles. The molecule has 0 aromatic carbocycles. The summed E-state index contributed by atoms with van der Waals surface area (Å²) < 4.78 is 5.24. The maximum Gasteiger partial charge on any atom is 0.327 e.